The fourth-order valence-electron chi connectivity index (χ4n) is 3.96. The van der Waals surface area contributed by atoms with Crippen molar-refractivity contribution >= 4 is 5.91 Å². The Bertz CT molecular complexity index is 543. The van der Waals surface area contributed by atoms with Crippen LogP contribution in [0.4, 0.5) is 0 Å². The summed E-state index contributed by atoms with van der Waals surface area (Å²) in [5, 5.41) is 0. The maximum atomic E-state index is 13.0. The lowest BCUT2D eigenvalue weighted by atomic mass is 10.0. The third-order valence-corrected chi connectivity index (χ3v) is 5.49. The Hall–Kier alpha value is -1.40. The molecule has 0 radical (unpaired) electrons. The lowest BCUT2D eigenvalue weighted by Crippen LogP contribution is -2.51. The van der Waals surface area contributed by atoms with E-state index in [0.717, 1.165) is 64.5 Å². The normalized spacial score (nSPS) is 24.1. The summed E-state index contributed by atoms with van der Waals surface area (Å²) in [4.78, 5) is 24.3. The van der Waals surface area contributed by atoms with Crippen LogP contribution in [0, 0.1) is 0 Å². The summed E-state index contributed by atoms with van der Waals surface area (Å²) in [6.45, 7) is 8.82. The second kappa shape index (κ2) is 8.12. The predicted octanol–water partition coefficient (Wildman–Crippen LogP) is 1.33. The molecule has 1 atom stereocenters. The molecular formula is C18H31N5O. The molecule has 6 heteroatoms. The largest absolute Gasteiger partial charge is 0.340 e. The number of hydrogen-bond acceptors (Lipinski definition) is 4. The zero-order chi connectivity index (χ0) is 16.9. The number of likely N-dealkylation sites (tertiary alicyclic amines) is 1. The highest BCUT2D eigenvalue weighted by Gasteiger charge is 2.31. The molecule has 3 heterocycles. The Labute approximate surface area is 145 Å². The molecule has 0 aromatic carbocycles. The van der Waals surface area contributed by atoms with Gasteiger partial charge in [0.25, 0.3) is 0 Å². The monoisotopic (exact) mass is 333 g/mol. The van der Waals surface area contributed by atoms with E-state index in [1.807, 2.05) is 19.4 Å². The van der Waals surface area contributed by atoms with E-state index < -0.39 is 0 Å². The van der Waals surface area contributed by atoms with E-state index in [0.29, 0.717) is 5.91 Å². The standard InChI is InChI=1S/C18H31N5O/c1-3-22-10-5-4-7-16(22)18(24)23-11-6-9-21(13-14-23)15-17-19-8-12-20(17)2/h8,12,16H,3-7,9-11,13-15H2,1-2H3. The van der Waals surface area contributed by atoms with Crippen molar-refractivity contribution < 1.29 is 4.79 Å². The summed E-state index contributed by atoms with van der Waals surface area (Å²) >= 11 is 0. The molecule has 0 N–H and O–H groups in total. The fourth-order valence-corrected chi connectivity index (χ4v) is 3.96. The molecule has 2 saturated heterocycles. The van der Waals surface area contributed by atoms with Crippen LogP contribution in [-0.2, 0) is 18.4 Å². The van der Waals surface area contributed by atoms with Crippen molar-refractivity contribution in [2.75, 3.05) is 39.3 Å². The molecule has 2 fully saturated rings. The maximum absolute atomic E-state index is 13.0. The van der Waals surface area contributed by atoms with Gasteiger partial charge in [-0.05, 0) is 32.4 Å². The molecule has 1 aromatic heterocycles. The van der Waals surface area contributed by atoms with Gasteiger partial charge in [0.05, 0.1) is 12.6 Å². The number of carbonyl (C=O) groups is 1. The van der Waals surface area contributed by atoms with Gasteiger partial charge < -0.3 is 9.47 Å². The molecule has 24 heavy (non-hydrogen) atoms. The Morgan fingerprint density at radius 1 is 1.17 bits per heavy atom. The smallest absolute Gasteiger partial charge is 0.239 e. The summed E-state index contributed by atoms with van der Waals surface area (Å²) in [5.41, 5.74) is 0. The minimum atomic E-state index is 0.116. The Balaban J connectivity index is 1.56. The van der Waals surface area contributed by atoms with Crippen LogP contribution < -0.4 is 0 Å². The van der Waals surface area contributed by atoms with Gasteiger partial charge in [-0.1, -0.05) is 13.3 Å². The van der Waals surface area contributed by atoms with Crippen LogP contribution in [0.3, 0.4) is 0 Å². The van der Waals surface area contributed by atoms with Gasteiger partial charge in [0.15, 0.2) is 0 Å². The van der Waals surface area contributed by atoms with Crippen LogP contribution in [0.25, 0.3) is 0 Å². The molecule has 0 aliphatic carbocycles. The molecule has 6 nitrogen and oxygen atoms in total. The summed E-state index contributed by atoms with van der Waals surface area (Å²) in [5.74, 6) is 1.45. The van der Waals surface area contributed by atoms with E-state index in [4.69, 9.17) is 0 Å². The maximum Gasteiger partial charge on any atom is 0.239 e. The third kappa shape index (κ3) is 3.98. The average Bonchev–Trinajstić information content (AvgIpc) is 2.87. The highest BCUT2D eigenvalue weighted by Crippen LogP contribution is 2.19. The molecule has 0 saturated carbocycles. The number of amides is 1. The number of hydrogen-bond donors (Lipinski definition) is 0. The molecular weight excluding hydrogens is 302 g/mol. The number of rotatable bonds is 4. The number of aryl methyl sites for hydroxylation is 1. The molecule has 1 amide bonds. The second-order valence-electron chi connectivity index (χ2n) is 7.05. The van der Waals surface area contributed by atoms with Crippen LogP contribution in [0.1, 0.15) is 38.4 Å². The van der Waals surface area contributed by atoms with Gasteiger partial charge in [-0.15, -0.1) is 0 Å². The fraction of sp³-hybridized carbons (Fsp3) is 0.778. The van der Waals surface area contributed by atoms with Crippen LogP contribution >= 0.6 is 0 Å². The van der Waals surface area contributed by atoms with Gasteiger partial charge in [-0.3, -0.25) is 14.6 Å². The second-order valence-corrected chi connectivity index (χ2v) is 7.05. The molecule has 2 aliphatic heterocycles. The van der Waals surface area contributed by atoms with E-state index in [9.17, 15) is 4.79 Å². The third-order valence-electron chi connectivity index (χ3n) is 5.49. The highest BCUT2D eigenvalue weighted by atomic mass is 16.2. The van der Waals surface area contributed by atoms with Gasteiger partial charge in [0, 0.05) is 45.6 Å². The SMILES string of the molecule is CCN1CCCCC1C(=O)N1CCCN(Cc2nccn2C)CC1. The van der Waals surface area contributed by atoms with Crippen LogP contribution in [-0.4, -0.2) is 75.5 Å². The summed E-state index contributed by atoms with van der Waals surface area (Å²) in [6, 6.07) is 0.116. The van der Waals surface area contributed by atoms with Gasteiger partial charge in [0.1, 0.15) is 5.82 Å². The first kappa shape index (κ1) is 17.4. The van der Waals surface area contributed by atoms with Gasteiger partial charge in [-0.25, -0.2) is 4.98 Å². The summed E-state index contributed by atoms with van der Waals surface area (Å²) in [6.07, 6.45) is 8.34. The minimum Gasteiger partial charge on any atom is -0.340 e. The van der Waals surface area contributed by atoms with Crippen LogP contribution in [0.15, 0.2) is 12.4 Å². The van der Waals surface area contributed by atoms with Crippen molar-refractivity contribution in [3.63, 3.8) is 0 Å². The molecule has 1 unspecified atom stereocenters. The minimum absolute atomic E-state index is 0.116. The first-order chi connectivity index (χ1) is 11.7. The number of carbonyl (C=O) groups excluding carboxylic acids is 1. The Morgan fingerprint density at radius 3 is 2.79 bits per heavy atom. The van der Waals surface area contributed by atoms with E-state index >= 15 is 0 Å². The zero-order valence-corrected chi connectivity index (χ0v) is 15.2. The number of piperidine rings is 1. The van der Waals surface area contributed by atoms with Crippen molar-refractivity contribution in [1.82, 2.24) is 24.3 Å². The number of nitrogens with zero attached hydrogens (tertiary/aromatic N) is 5. The number of aromatic nitrogens is 2. The topological polar surface area (TPSA) is 44.6 Å². The summed E-state index contributed by atoms with van der Waals surface area (Å²) < 4.78 is 2.08. The number of likely N-dealkylation sites (N-methyl/N-ethyl adjacent to an activating group) is 1. The molecule has 0 bridgehead atoms. The van der Waals surface area contributed by atoms with Crippen molar-refractivity contribution in [3.05, 3.63) is 18.2 Å². The van der Waals surface area contributed by atoms with E-state index in [2.05, 4.69) is 31.2 Å². The van der Waals surface area contributed by atoms with Crippen molar-refractivity contribution in [2.45, 2.75) is 45.2 Å². The highest BCUT2D eigenvalue weighted by molar-refractivity contribution is 5.82. The zero-order valence-electron chi connectivity index (χ0n) is 15.2. The first-order valence-corrected chi connectivity index (χ1v) is 9.40. The Kier molecular flexibility index (Phi) is 5.89. The van der Waals surface area contributed by atoms with Crippen LogP contribution in [0.2, 0.25) is 0 Å². The van der Waals surface area contributed by atoms with Crippen molar-refractivity contribution in [2.24, 2.45) is 7.05 Å². The molecule has 1 aromatic rings. The van der Waals surface area contributed by atoms with E-state index in [1.165, 1.54) is 12.8 Å². The first-order valence-electron chi connectivity index (χ1n) is 9.40. The number of imidazole rings is 1. The van der Waals surface area contributed by atoms with Gasteiger partial charge in [0.2, 0.25) is 5.91 Å². The quantitative estimate of drug-likeness (QED) is 0.834. The van der Waals surface area contributed by atoms with Gasteiger partial charge in [-0.2, -0.15) is 0 Å². The van der Waals surface area contributed by atoms with Crippen molar-refractivity contribution in [1.29, 1.82) is 0 Å². The molecule has 0 spiro atoms. The van der Waals surface area contributed by atoms with Crippen molar-refractivity contribution in [3.8, 4) is 0 Å². The lowest BCUT2D eigenvalue weighted by molar-refractivity contribution is -0.138. The molecule has 134 valence electrons. The Morgan fingerprint density at radius 2 is 2.04 bits per heavy atom. The molecule has 3 rings (SSSR count). The molecule has 2 aliphatic rings. The van der Waals surface area contributed by atoms with Crippen LogP contribution in [0.5, 0.6) is 0 Å². The lowest BCUT2D eigenvalue weighted by Gasteiger charge is -2.36. The van der Waals surface area contributed by atoms with E-state index in [1.54, 1.807) is 0 Å². The predicted molar refractivity (Wildman–Crippen MR) is 94.6 cm³/mol. The summed E-state index contributed by atoms with van der Waals surface area (Å²) in [7, 11) is 2.04. The average molecular weight is 333 g/mol. The van der Waals surface area contributed by atoms with Gasteiger partial charge >= 0.3 is 0 Å². The van der Waals surface area contributed by atoms with E-state index in [-0.39, 0.29) is 6.04 Å².